The molecule has 0 unspecified atom stereocenters. The SMILES string of the molecule is [Cl-].c1ccc(CNC2=NCCC2)cc1. The second-order valence-electron chi connectivity index (χ2n) is 3.27. The molecular weight excluding hydrogens is 196 g/mol. The highest BCUT2D eigenvalue weighted by Gasteiger charge is 2.04. The summed E-state index contributed by atoms with van der Waals surface area (Å²) in [6, 6.07) is 10.4. The Balaban J connectivity index is 0.000000980. The first-order chi connectivity index (χ1) is 6.45. The van der Waals surface area contributed by atoms with Gasteiger partial charge in [0, 0.05) is 19.5 Å². The van der Waals surface area contributed by atoms with E-state index in [1.165, 1.54) is 17.8 Å². The Morgan fingerprint density at radius 1 is 1.21 bits per heavy atom. The minimum Gasteiger partial charge on any atom is -1.00 e. The van der Waals surface area contributed by atoms with Gasteiger partial charge in [0.05, 0.1) is 5.84 Å². The first kappa shape index (κ1) is 11.1. The van der Waals surface area contributed by atoms with Crippen LogP contribution in [-0.4, -0.2) is 12.4 Å². The fourth-order valence-electron chi connectivity index (χ4n) is 1.48. The molecule has 1 heterocycles. The van der Waals surface area contributed by atoms with Gasteiger partial charge >= 0.3 is 0 Å². The zero-order valence-corrected chi connectivity index (χ0v) is 8.80. The molecule has 14 heavy (non-hydrogen) atoms. The average molecular weight is 210 g/mol. The Labute approximate surface area is 90.8 Å². The predicted molar refractivity (Wildman–Crippen MR) is 54.8 cm³/mol. The van der Waals surface area contributed by atoms with Crippen LogP contribution in [0.15, 0.2) is 35.3 Å². The van der Waals surface area contributed by atoms with Gasteiger partial charge in [-0.25, -0.2) is 0 Å². The molecule has 3 heteroatoms. The topological polar surface area (TPSA) is 24.4 Å². The van der Waals surface area contributed by atoms with Crippen molar-refractivity contribution in [1.29, 1.82) is 0 Å². The van der Waals surface area contributed by atoms with Crippen LogP contribution in [0.2, 0.25) is 0 Å². The summed E-state index contributed by atoms with van der Waals surface area (Å²) in [5.74, 6) is 1.17. The number of halogens is 1. The Kier molecular flexibility index (Phi) is 4.47. The molecule has 0 aliphatic carbocycles. The summed E-state index contributed by atoms with van der Waals surface area (Å²) < 4.78 is 0. The van der Waals surface area contributed by atoms with Crippen LogP contribution in [0.3, 0.4) is 0 Å². The van der Waals surface area contributed by atoms with E-state index in [4.69, 9.17) is 0 Å². The van der Waals surface area contributed by atoms with E-state index < -0.39 is 0 Å². The van der Waals surface area contributed by atoms with Crippen LogP contribution in [-0.2, 0) is 6.54 Å². The minimum atomic E-state index is 0. The molecule has 0 saturated carbocycles. The third-order valence-electron chi connectivity index (χ3n) is 2.21. The van der Waals surface area contributed by atoms with Gasteiger partial charge in [-0.2, -0.15) is 0 Å². The van der Waals surface area contributed by atoms with E-state index in [0.717, 1.165) is 19.5 Å². The van der Waals surface area contributed by atoms with Gasteiger partial charge in [-0.3, -0.25) is 4.99 Å². The zero-order valence-electron chi connectivity index (χ0n) is 8.04. The highest BCUT2D eigenvalue weighted by molar-refractivity contribution is 5.83. The highest BCUT2D eigenvalue weighted by atomic mass is 35.5. The van der Waals surface area contributed by atoms with Crippen LogP contribution in [0.1, 0.15) is 18.4 Å². The zero-order chi connectivity index (χ0) is 8.93. The molecule has 0 aromatic heterocycles. The molecule has 0 atom stereocenters. The fourth-order valence-corrected chi connectivity index (χ4v) is 1.48. The molecule has 1 aliphatic heterocycles. The summed E-state index contributed by atoms with van der Waals surface area (Å²) in [6.45, 7) is 1.90. The molecule has 0 saturated heterocycles. The second kappa shape index (κ2) is 5.66. The molecule has 0 amide bonds. The normalized spacial score (nSPS) is 14.4. The molecule has 1 aromatic carbocycles. The van der Waals surface area contributed by atoms with Crippen molar-refractivity contribution in [3.05, 3.63) is 35.9 Å². The number of benzene rings is 1. The van der Waals surface area contributed by atoms with Crippen molar-refractivity contribution in [2.75, 3.05) is 6.54 Å². The standard InChI is InChI=1S/C11H14N2.ClH/c1-2-5-10(6-3-1)9-13-11-7-4-8-12-11;/h1-3,5-6H,4,7-9H2,(H,12,13);1H/p-1. The average Bonchev–Trinajstić information content (AvgIpc) is 2.69. The summed E-state index contributed by atoms with van der Waals surface area (Å²) in [7, 11) is 0. The molecule has 0 bridgehead atoms. The molecule has 0 fully saturated rings. The van der Waals surface area contributed by atoms with Crippen LogP contribution >= 0.6 is 0 Å². The predicted octanol–water partition coefficient (Wildman–Crippen LogP) is -1.03. The van der Waals surface area contributed by atoms with Crippen molar-refractivity contribution in [3.8, 4) is 0 Å². The minimum absolute atomic E-state index is 0. The summed E-state index contributed by atoms with van der Waals surface area (Å²) in [5, 5.41) is 3.35. The molecule has 0 radical (unpaired) electrons. The van der Waals surface area contributed by atoms with Gasteiger partial charge in [-0.15, -0.1) is 0 Å². The molecular formula is C11H14ClN2-. The summed E-state index contributed by atoms with van der Waals surface area (Å²) in [5.41, 5.74) is 1.32. The van der Waals surface area contributed by atoms with E-state index >= 15 is 0 Å². The van der Waals surface area contributed by atoms with Gasteiger partial charge in [0.1, 0.15) is 0 Å². The van der Waals surface area contributed by atoms with Gasteiger partial charge in [0.15, 0.2) is 0 Å². The van der Waals surface area contributed by atoms with Crippen LogP contribution in [0, 0.1) is 0 Å². The Bertz CT molecular complexity index is 295. The number of hydrogen-bond donors (Lipinski definition) is 1. The fraction of sp³-hybridized carbons (Fsp3) is 0.364. The van der Waals surface area contributed by atoms with Gasteiger partial charge in [-0.05, 0) is 12.0 Å². The molecule has 2 nitrogen and oxygen atoms in total. The number of amidine groups is 1. The first-order valence-electron chi connectivity index (χ1n) is 4.76. The van der Waals surface area contributed by atoms with Gasteiger partial charge in [0.2, 0.25) is 0 Å². The maximum atomic E-state index is 4.36. The van der Waals surface area contributed by atoms with Crippen molar-refractivity contribution < 1.29 is 12.4 Å². The van der Waals surface area contributed by atoms with Gasteiger partial charge in [0.25, 0.3) is 0 Å². The van der Waals surface area contributed by atoms with Crippen molar-refractivity contribution in [1.82, 2.24) is 5.32 Å². The lowest BCUT2D eigenvalue weighted by atomic mass is 10.2. The lowest BCUT2D eigenvalue weighted by molar-refractivity contribution is -0.00000276. The van der Waals surface area contributed by atoms with E-state index in [1.807, 2.05) is 6.07 Å². The maximum absolute atomic E-state index is 4.36. The van der Waals surface area contributed by atoms with Gasteiger partial charge < -0.3 is 17.7 Å². The highest BCUT2D eigenvalue weighted by Crippen LogP contribution is 2.03. The molecule has 2 rings (SSSR count). The molecule has 0 spiro atoms. The largest absolute Gasteiger partial charge is 1.00 e. The van der Waals surface area contributed by atoms with Crippen molar-refractivity contribution >= 4 is 5.84 Å². The molecule has 1 aliphatic rings. The maximum Gasteiger partial charge on any atom is 0.0966 e. The van der Waals surface area contributed by atoms with Crippen LogP contribution < -0.4 is 17.7 Å². The van der Waals surface area contributed by atoms with Crippen LogP contribution in [0.4, 0.5) is 0 Å². The van der Waals surface area contributed by atoms with E-state index in [-0.39, 0.29) is 12.4 Å². The van der Waals surface area contributed by atoms with Crippen LogP contribution in [0.5, 0.6) is 0 Å². The van der Waals surface area contributed by atoms with E-state index in [1.54, 1.807) is 0 Å². The summed E-state index contributed by atoms with van der Waals surface area (Å²) in [4.78, 5) is 4.36. The Morgan fingerprint density at radius 3 is 2.64 bits per heavy atom. The third kappa shape index (κ3) is 3.04. The molecule has 76 valence electrons. The number of nitrogens with zero attached hydrogens (tertiary/aromatic N) is 1. The number of rotatable bonds is 2. The van der Waals surface area contributed by atoms with E-state index in [2.05, 4.69) is 34.6 Å². The Hall–Kier alpha value is -1.02. The van der Waals surface area contributed by atoms with Crippen LogP contribution in [0.25, 0.3) is 0 Å². The summed E-state index contributed by atoms with van der Waals surface area (Å²) >= 11 is 0. The van der Waals surface area contributed by atoms with E-state index in [0.29, 0.717) is 0 Å². The van der Waals surface area contributed by atoms with Gasteiger partial charge in [-0.1, -0.05) is 30.3 Å². The quantitative estimate of drug-likeness (QED) is 0.662. The van der Waals surface area contributed by atoms with Crippen molar-refractivity contribution in [2.45, 2.75) is 19.4 Å². The lowest BCUT2D eigenvalue weighted by Crippen LogP contribution is -3.00. The lowest BCUT2D eigenvalue weighted by Gasteiger charge is -2.04. The van der Waals surface area contributed by atoms with Crippen molar-refractivity contribution in [2.24, 2.45) is 4.99 Å². The number of aliphatic imine (C=N–C) groups is 1. The second-order valence-corrected chi connectivity index (χ2v) is 3.27. The third-order valence-corrected chi connectivity index (χ3v) is 2.21. The van der Waals surface area contributed by atoms with Crippen molar-refractivity contribution in [3.63, 3.8) is 0 Å². The number of nitrogens with one attached hydrogen (secondary N) is 1. The number of hydrogen-bond acceptors (Lipinski definition) is 2. The van der Waals surface area contributed by atoms with E-state index in [9.17, 15) is 0 Å². The Morgan fingerprint density at radius 2 is 2.00 bits per heavy atom. The smallest absolute Gasteiger partial charge is 0.0966 e. The first-order valence-corrected chi connectivity index (χ1v) is 4.76. The molecule has 1 N–H and O–H groups in total. The monoisotopic (exact) mass is 209 g/mol. The summed E-state index contributed by atoms with van der Waals surface area (Å²) in [6.07, 6.45) is 2.32. The molecule has 1 aromatic rings.